The molecule has 1 unspecified atom stereocenters. The number of halogens is 2. The minimum Gasteiger partial charge on any atom is -0.310 e. The summed E-state index contributed by atoms with van der Waals surface area (Å²) in [5, 5.41) is 8.35. The van der Waals surface area contributed by atoms with Gasteiger partial charge < -0.3 is 5.32 Å². The molecule has 21 heavy (non-hydrogen) atoms. The minimum absolute atomic E-state index is 0.257. The minimum atomic E-state index is -0.257. The highest BCUT2D eigenvalue weighted by atomic mass is 35.5. The van der Waals surface area contributed by atoms with Crippen molar-refractivity contribution in [2.24, 2.45) is 0 Å². The van der Waals surface area contributed by atoms with Crippen LogP contribution in [-0.4, -0.2) is 16.3 Å². The van der Waals surface area contributed by atoms with Crippen LogP contribution in [0.5, 0.6) is 0 Å². The summed E-state index contributed by atoms with van der Waals surface area (Å²) in [6, 6.07) is 4.88. The van der Waals surface area contributed by atoms with Gasteiger partial charge >= 0.3 is 0 Å². The largest absolute Gasteiger partial charge is 0.310 e. The van der Waals surface area contributed by atoms with Crippen LogP contribution >= 0.6 is 11.6 Å². The standard InChI is InChI=1S/C16H21ClFN3/c1-3-7-19-16(4-2)13-9-20-21(11-13)10-12-8-14(17)5-6-15(12)18/h5-6,8-9,11,16,19H,3-4,7,10H2,1-2H3. The summed E-state index contributed by atoms with van der Waals surface area (Å²) in [5.41, 5.74) is 1.68. The molecule has 0 bridgehead atoms. The van der Waals surface area contributed by atoms with E-state index in [0.29, 0.717) is 23.2 Å². The predicted octanol–water partition coefficient (Wildman–Crippen LogP) is 4.17. The molecule has 2 rings (SSSR count). The summed E-state index contributed by atoms with van der Waals surface area (Å²) in [4.78, 5) is 0. The lowest BCUT2D eigenvalue weighted by atomic mass is 10.1. The molecule has 0 saturated heterocycles. The molecule has 114 valence electrons. The topological polar surface area (TPSA) is 29.9 Å². The van der Waals surface area contributed by atoms with Crippen LogP contribution in [0.2, 0.25) is 5.02 Å². The maximum Gasteiger partial charge on any atom is 0.128 e. The average molecular weight is 310 g/mol. The lowest BCUT2D eigenvalue weighted by Crippen LogP contribution is -2.21. The van der Waals surface area contributed by atoms with E-state index in [1.165, 1.54) is 6.07 Å². The number of aromatic nitrogens is 2. The molecule has 0 aliphatic rings. The number of rotatable bonds is 7. The first-order chi connectivity index (χ1) is 10.1. The van der Waals surface area contributed by atoms with E-state index in [2.05, 4.69) is 24.3 Å². The van der Waals surface area contributed by atoms with Crippen molar-refractivity contribution in [3.8, 4) is 0 Å². The smallest absolute Gasteiger partial charge is 0.128 e. The molecule has 0 amide bonds. The zero-order chi connectivity index (χ0) is 15.2. The zero-order valence-corrected chi connectivity index (χ0v) is 13.2. The second-order valence-electron chi connectivity index (χ2n) is 5.12. The summed E-state index contributed by atoms with van der Waals surface area (Å²) < 4.78 is 15.5. The van der Waals surface area contributed by atoms with Gasteiger partial charge in [0.15, 0.2) is 0 Å². The third-order valence-corrected chi connectivity index (χ3v) is 3.68. The molecule has 0 aliphatic carbocycles. The SMILES string of the molecule is CCCNC(CC)c1cnn(Cc2cc(Cl)ccc2F)c1. The van der Waals surface area contributed by atoms with Crippen LogP contribution < -0.4 is 5.32 Å². The van der Waals surface area contributed by atoms with Gasteiger partial charge in [0.25, 0.3) is 0 Å². The molecule has 1 heterocycles. The van der Waals surface area contributed by atoms with Crippen LogP contribution in [0.25, 0.3) is 0 Å². The highest BCUT2D eigenvalue weighted by molar-refractivity contribution is 6.30. The molecule has 2 aromatic rings. The number of hydrogen-bond acceptors (Lipinski definition) is 2. The first-order valence-corrected chi connectivity index (χ1v) is 7.71. The van der Waals surface area contributed by atoms with E-state index in [-0.39, 0.29) is 5.82 Å². The van der Waals surface area contributed by atoms with Crippen molar-refractivity contribution in [3.63, 3.8) is 0 Å². The van der Waals surface area contributed by atoms with Gasteiger partial charge in [-0.25, -0.2) is 4.39 Å². The van der Waals surface area contributed by atoms with Crippen LogP contribution in [0.3, 0.4) is 0 Å². The second kappa shape index (κ2) is 7.57. The summed E-state index contributed by atoms with van der Waals surface area (Å²) in [7, 11) is 0. The lowest BCUT2D eigenvalue weighted by molar-refractivity contribution is 0.517. The molecule has 1 N–H and O–H groups in total. The Morgan fingerprint density at radius 3 is 2.90 bits per heavy atom. The Morgan fingerprint density at radius 1 is 1.38 bits per heavy atom. The Labute approximate surface area is 130 Å². The Hall–Kier alpha value is -1.39. The van der Waals surface area contributed by atoms with E-state index < -0.39 is 0 Å². The molecular weight excluding hydrogens is 289 g/mol. The van der Waals surface area contributed by atoms with Gasteiger partial charge in [0, 0.05) is 28.4 Å². The third-order valence-electron chi connectivity index (χ3n) is 3.44. The molecule has 0 saturated carbocycles. The van der Waals surface area contributed by atoms with Crippen molar-refractivity contribution in [2.45, 2.75) is 39.3 Å². The zero-order valence-electron chi connectivity index (χ0n) is 12.4. The van der Waals surface area contributed by atoms with Gasteiger partial charge in [-0.1, -0.05) is 25.4 Å². The summed E-state index contributed by atoms with van der Waals surface area (Å²) >= 11 is 5.91. The van der Waals surface area contributed by atoms with E-state index in [9.17, 15) is 4.39 Å². The maximum absolute atomic E-state index is 13.7. The van der Waals surface area contributed by atoms with Crippen molar-refractivity contribution < 1.29 is 4.39 Å². The molecule has 3 nitrogen and oxygen atoms in total. The van der Waals surface area contributed by atoms with Gasteiger partial charge in [-0.05, 0) is 37.6 Å². The fourth-order valence-corrected chi connectivity index (χ4v) is 2.50. The molecule has 1 atom stereocenters. The first kappa shape index (κ1) is 16.0. The van der Waals surface area contributed by atoms with Gasteiger partial charge in [0.2, 0.25) is 0 Å². The normalized spacial score (nSPS) is 12.6. The van der Waals surface area contributed by atoms with Gasteiger partial charge in [-0.3, -0.25) is 4.68 Å². The second-order valence-corrected chi connectivity index (χ2v) is 5.56. The molecule has 1 aromatic carbocycles. The molecule has 5 heteroatoms. The molecular formula is C16H21ClFN3. The highest BCUT2D eigenvalue weighted by Gasteiger charge is 2.11. The predicted molar refractivity (Wildman–Crippen MR) is 84.1 cm³/mol. The van der Waals surface area contributed by atoms with Crippen molar-refractivity contribution in [1.82, 2.24) is 15.1 Å². The number of nitrogens with zero attached hydrogens (tertiary/aromatic N) is 2. The van der Waals surface area contributed by atoms with E-state index in [0.717, 1.165) is 24.9 Å². The number of benzene rings is 1. The van der Waals surface area contributed by atoms with Crippen LogP contribution in [0.1, 0.15) is 43.9 Å². The molecule has 0 radical (unpaired) electrons. The van der Waals surface area contributed by atoms with E-state index >= 15 is 0 Å². The van der Waals surface area contributed by atoms with Crippen LogP contribution in [0.15, 0.2) is 30.6 Å². The fourth-order valence-electron chi connectivity index (χ4n) is 2.30. The van der Waals surface area contributed by atoms with E-state index in [1.54, 1.807) is 16.8 Å². The van der Waals surface area contributed by atoms with Gasteiger partial charge in [0.05, 0.1) is 12.7 Å². The van der Waals surface area contributed by atoms with Crippen LogP contribution in [-0.2, 0) is 6.54 Å². The molecule has 0 fully saturated rings. The Bertz CT molecular complexity index is 583. The van der Waals surface area contributed by atoms with Crippen molar-refractivity contribution in [3.05, 3.63) is 52.6 Å². The van der Waals surface area contributed by atoms with E-state index in [1.807, 2.05) is 12.4 Å². The highest BCUT2D eigenvalue weighted by Crippen LogP contribution is 2.18. The van der Waals surface area contributed by atoms with Gasteiger partial charge in [-0.2, -0.15) is 5.10 Å². The average Bonchev–Trinajstić information content (AvgIpc) is 2.92. The summed E-state index contributed by atoms with van der Waals surface area (Å²) in [6.07, 6.45) is 5.91. The van der Waals surface area contributed by atoms with Crippen molar-refractivity contribution in [2.75, 3.05) is 6.54 Å². The quantitative estimate of drug-likeness (QED) is 0.831. The van der Waals surface area contributed by atoms with Crippen LogP contribution in [0.4, 0.5) is 4.39 Å². The fraction of sp³-hybridized carbons (Fsp3) is 0.438. The first-order valence-electron chi connectivity index (χ1n) is 7.33. The molecule has 0 aliphatic heterocycles. The number of nitrogens with one attached hydrogen (secondary N) is 1. The Morgan fingerprint density at radius 2 is 2.19 bits per heavy atom. The lowest BCUT2D eigenvalue weighted by Gasteiger charge is -2.14. The van der Waals surface area contributed by atoms with Gasteiger partial charge in [0.1, 0.15) is 5.82 Å². The van der Waals surface area contributed by atoms with Crippen LogP contribution in [0, 0.1) is 5.82 Å². The molecule has 1 aromatic heterocycles. The third kappa shape index (κ3) is 4.29. The monoisotopic (exact) mass is 309 g/mol. The van der Waals surface area contributed by atoms with E-state index in [4.69, 9.17) is 11.6 Å². The van der Waals surface area contributed by atoms with Gasteiger partial charge in [-0.15, -0.1) is 0 Å². The Balaban J connectivity index is 2.10. The molecule has 0 spiro atoms. The van der Waals surface area contributed by atoms with Crippen molar-refractivity contribution >= 4 is 11.6 Å². The summed E-state index contributed by atoms with van der Waals surface area (Å²) in [5.74, 6) is -0.257. The Kier molecular flexibility index (Phi) is 5.76. The summed E-state index contributed by atoms with van der Waals surface area (Å²) in [6.45, 7) is 5.65. The van der Waals surface area contributed by atoms with Crippen molar-refractivity contribution in [1.29, 1.82) is 0 Å². The number of hydrogen-bond donors (Lipinski definition) is 1. The maximum atomic E-state index is 13.7.